The Balaban J connectivity index is 2.13. The summed E-state index contributed by atoms with van der Waals surface area (Å²) in [6.07, 6.45) is 4.26. The molecule has 1 aromatic rings. The van der Waals surface area contributed by atoms with Gasteiger partial charge in [-0.3, -0.25) is 4.79 Å². The summed E-state index contributed by atoms with van der Waals surface area (Å²) in [7, 11) is 3.14. The molecule has 0 amide bonds. The van der Waals surface area contributed by atoms with E-state index < -0.39 is 5.41 Å². The first-order valence-electron chi connectivity index (χ1n) is 6.90. The molecule has 2 fully saturated rings. The lowest BCUT2D eigenvalue weighted by molar-refractivity contribution is -0.143. The molecule has 3 heteroatoms. The number of methoxy groups -OCH3 is 2. The van der Waals surface area contributed by atoms with Gasteiger partial charge in [0, 0.05) is 5.56 Å². The minimum absolute atomic E-state index is 0.123. The topological polar surface area (TPSA) is 35.5 Å². The van der Waals surface area contributed by atoms with E-state index in [1.165, 1.54) is 31.1 Å². The summed E-state index contributed by atoms with van der Waals surface area (Å²) in [5.74, 6) is 1.38. The first-order chi connectivity index (χ1) is 9.14. The van der Waals surface area contributed by atoms with Gasteiger partial charge in [-0.25, -0.2) is 0 Å². The summed E-state index contributed by atoms with van der Waals surface area (Å²) >= 11 is 0. The van der Waals surface area contributed by atoms with E-state index in [0.29, 0.717) is 5.92 Å². The lowest BCUT2D eigenvalue weighted by Gasteiger charge is -2.21. The van der Waals surface area contributed by atoms with Crippen molar-refractivity contribution in [3.05, 3.63) is 28.8 Å². The zero-order valence-corrected chi connectivity index (χ0v) is 11.8. The highest BCUT2D eigenvalue weighted by atomic mass is 16.5. The van der Waals surface area contributed by atoms with Crippen LogP contribution in [-0.4, -0.2) is 20.2 Å². The van der Waals surface area contributed by atoms with Gasteiger partial charge in [-0.15, -0.1) is 0 Å². The van der Waals surface area contributed by atoms with E-state index in [-0.39, 0.29) is 5.97 Å². The molecule has 19 heavy (non-hydrogen) atoms. The highest BCUT2D eigenvalue weighted by Gasteiger charge is 2.55. The predicted octanol–water partition coefficient (Wildman–Crippen LogP) is 3.09. The zero-order chi connectivity index (χ0) is 13.6. The van der Waals surface area contributed by atoms with Gasteiger partial charge >= 0.3 is 5.97 Å². The van der Waals surface area contributed by atoms with Gasteiger partial charge in [0.05, 0.1) is 19.6 Å². The Morgan fingerprint density at radius 3 is 2.42 bits per heavy atom. The van der Waals surface area contributed by atoms with Crippen molar-refractivity contribution < 1.29 is 14.3 Å². The van der Waals surface area contributed by atoms with Crippen molar-refractivity contribution in [2.75, 3.05) is 14.2 Å². The molecule has 1 aromatic carbocycles. The van der Waals surface area contributed by atoms with Gasteiger partial charge in [0.2, 0.25) is 0 Å². The minimum Gasteiger partial charge on any atom is -0.496 e. The lowest BCUT2D eigenvalue weighted by Crippen LogP contribution is -2.24. The fourth-order valence-electron chi connectivity index (χ4n) is 3.18. The van der Waals surface area contributed by atoms with Crippen molar-refractivity contribution in [1.29, 1.82) is 0 Å². The van der Waals surface area contributed by atoms with Crippen LogP contribution in [0.4, 0.5) is 0 Å². The monoisotopic (exact) mass is 260 g/mol. The summed E-state index contributed by atoms with van der Waals surface area (Å²) in [6.45, 7) is 2.12. The summed E-state index contributed by atoms with van der Waals surface area (Å²) in [6, 6.07) is 4.17. The standard InChI is InChI=1S/C16H20O3/c1-10-12(11-4-5-11)6-7-13(18-2)14(10)16(8-9-16)15(17)19-3/h6-7,11H,4-5,8-9H2,1-3H3. The Morgan fingerprint density at radius 1 is 1.26 bits per heavy atom. The van der Waals surface area contributed by atoms with E-state index in [2.05, 4.69) is 13.0 Å². The van der Waals surface area contributed by atoms with Gasteiger partial charge in [-0.1, -0.05) is 6.07 Å². The number of hydrogen-bond acceptors (Lipinski definition) is 3. The predicted molar refractivity (Wildman–Crippen MR) is 72.6 cm³/mol. The molecular weight excluding hydrogens is 240 g/mol. The van der Waals surface area contributed by atoms with Gasteiger partial charge in [0.25, 0.3) is 0 Å². The first-order valence-corrected chi connectivity index (χ1v) is 6.90. The van der Waals surface area contributed by atoms with Gasteiger partial charge in [0.15, 0.2) is 0 Å². The Morgan fingerprint density at radius 2 is 1.95 bits per heavy atom. The second kappa shape index (κ2) is 4.26. The molecule has 0 saturated heterocycles. The van der Waals surface area contributed by atoms with Crippen LogP contribution in [-0.2, 0) is 14.9 Å². The van der Waals surface area contributed by atoms with Crippen molar-refractivity contribution in [3.8, 4) is 5.75 Å². The molecule has 3 nitrogen and oxygen atoms in total. The van der Waals surface area contributed by atoms with Gasteiger partial charge < -0.3 is 9.47 Å². The second-order valence-corrected chi connectivity index (χ2v) is 5.71. The molecule has 0 atom stereocenters. The maximum atomic E-state index is 12.1. The molecule has 3 rings (SSSR count). The molecule has 0 unspecified atom stereocenters. The average Bonchev–Trinajstić information content (AvgIpc) is 3.29. The van der Waals surface area contributed by atoms with Crippen molar-refractivity contribution in [1.82, 2.24) is 0 Å². The number of esters is 1. The molecule has 0 bridgehead atoms. The maximum Gasteiger partial charge on any atom is 0.316 e. The third-order valence-electron chi connectivity index (χ3n) is 4.51. The first kappa shape index (κ1) is 12.5. The smallest absolute Gasteiger partial charge is 0.316 e. The van der Waals surface area contributed by atoms with Crippen LogP contribution >= 0.6 is 0 Å². The molecule has 0 heterocycles. The van der Waals surface area contributed by atoms with E-state index in [4.69, 9.17) is 9.47 Å². The van der Waals surface area contributed by atoms with Crippen molar-refractivity contribution in [3.63, 3.8) is 0 Å². The number of rotatable bonds is 4. The zero-order valence-electron chi connectivity index (χ0n) is 11.8. The second-order valence-electron chi connectivity index (χ2n) is 5.71. The third-order valence-corrected chi connectivity index (χ3v) is 4.51. The van der Waals surface area contributed by atoms with E-state index in [1.807, 2.05) is 6.07 Å². The molecule has 0 spiro atoms. The van der Waals surface area contributed by atoms with Crippen LogP contribution in [0, 0.1) is 6.92 Å². The van der Waals surface area contributed by atoms with Crippen LogP contribution in [0.1, 0.15) is 48.3 Å². The van der Waals surface area contributed by atoms with Crippen LogP contribution in [0.25, 0.3) is 0 Å². The van der Waals surface area contributed by atoms with Gasteiger partial charge in [0.1, 0.15) is 5.75 Å². The Labute approximate surface area is 113 Å². The fourth-order valence-corrected chi connectivity index (χ4v) is 3.18. The molecule has 2 aliphatic carbocycles. The van der Waals surface area contributed by atoms with E-state index >= 15 is 0 Å². The molecule has 0 aromatic heterocycles. The fraction of sp³-hybridized carbons (Fsp3) is 0.562. The molecule has 0 N–H and O–H groups in total. The van der Waals surface area contributed by atoms with Gasteiger partial charge in [-0.2, -0.15) is 0 Å². The summed E-state index contributed by atoms with van der Waals surface area (Å²) in [5.41, 5.74) is 3.22. The van der Waals surface area contributed by atoms with E-state index in [1.54, 1.807) is 7.11 Å². The molecule has 0 aliphatic heterocycles. The molecule has 2 aliphatic rings. The highest BCUT2D eigenvalue weighted by molar-refractivity contribution is 5.88. The third kappa shape index (κ3) is 1.83. The summed E-state index contributed by atoms with van der Waals surface area (Å²) in [5, 5.41) is 0. The van der Waals surface area contributed by atoms with Crippen molar-refractivity contribution >= 4 is 5.97 Å². The van der Waals surface area contributed by atoms with Crippen LogP contribution in [0.2, 0.25) is 0 Å². The van der Waals surface area contributed by atoms with Crippen LogP contribution in [0.15, 0.2) is 12.1 Å². The van der Waals surface area contributed by atoms with Crippen molar-refractivity contribution in [2.45, 2.75) is 43.9 Å². The lowest BCUT2D eigenvalue weighted by atomic mass is 9.87. The largest absolute Gasteiger partial charge is 0.496 e. The van der Waals surface area contributed by atoms with Crippen LogP contribution in [0.5, 0.6) is 5.75 Å². The Kier molecular flexibility index (Phi) is 2.80. The maximum absolute atomic E-state index is 12.1. The molecule has 2 saturated carbocycles. The minimum atomic E-state index is -0.449. The molecular formula is C16H20O3. The number of carbonyl (C=O) groups is 1. The Bertz CT molecular complexity index is 525. The number of hydrogen-bond donors (Lipinski definition) is 0. The summed E-state index contributed by atoms with van der Waals surface area (Å²) in [4.78, 5) is 12.1. The Hall–Kier alpha value is -1.51. The average molecular weight is 260 g/mol. The quantitative estimate of drug-likeness (QED) is 0.780. The van der Waals surface area contributed by atoms with E-state index in [0.717, 1.165) is 24.2 Å². The SMILES string of the molecule is COC(=O)C1(c2c(OC)ccc(C3CC3)c2C)CC1. The normalized spacial score (nSPS) is 19.9. The number of ether oxygens (including phenoxy) is 2. The van der Waals surface area contributed by atoms with Crippen LogP contribution in [0.3, 0.4) is 0 Å². The number of carbonyl (C=O) groups excluding carboxylic acids is 1. The van der Waals surface area contributed by atoms with Crippen LogP contribution < -0.4 is 4.74 Å². The molecule has 102 valence electrons. The van der Waals surface area contributed by atoms with Gasteiger partial charge in [-0.05, 0) is 55.7 Å². The molecule has 0 radical (unpaired) electrons. The highest BCUT2D eigenvalue weighted by Crippen LogP contribution is 2.55. The number of benzene rings is 1. The van der Waals surface area contributed by atoms with E-state index in [9.17, 15) is 4.79 Å². The summed E-state index contributed by atoms with van der Waals surface area (Å²) < 4.78 is 10.5. The van der Waals surface area contributed by atoms with Crippen molar-refractivity contribution in [2.24, 2.45) is 0 Å².